The molecule has 0 radical (unpaired) electrons. The number of aryl methyl sites for hydroxylation is 1. The van der Waals surface area contributed by atoms with E-state index in [0.29, 0.717) is 24.8 Å². The van der Waals surface area contributed by atoms with Crippen LogP contribution in [0.25, 0.3) is 10.9 Å². The molecule has 2 aliphatic rings. The van der Waals surface area contributed by atoms with Crippen molar-refractivity contribution in [1.82, 2.24) is 4.98 Å². The molecule has 1 aromatic carbocycles. The van der Waals surface area contributed by atoms with Crippen LogP contribution in [0.4, 0.5) is 10.1 Å². The monoisotopic (exact) mass is 272 g/mol. The van der Waals surface area contributed by atoms with E-state index in [-0.39, 0.29) is 5.82 Å². The van der Waals surface area contributed by atoms with Crippen molar-refractivity contribution in [3.8, 4) is 0 Å². The van der Waals surface area contributed by atoms with Crippen LogP contribution in [0.5, 0.6) is 0 Å². The van der Waals surface area contributed by atoms with Gasteiger partial charge in [0.2, 0.25) is 0 Å². The van der Waals surface area contributed by atoms with Crippen molar-refractivity contribution < 1.29 is 9.13 Å². The molecule has 1 saturated carbocycles. The van der Waals surface area contributed by atoms with Crippen molar-refractivity contribution in [2.45, 2.75) is 38.8 Å². The van der Waals surface area contributed by atoms with Gasteiger partial charge in [0.05, 0.1) is 30.1 Å². The Balaban J connectivity index is 2.00. The highest BCUT2D eigenvalue weighted by atomic mass is 19.1. The first-order valence-corrected chi connectivity index (χ1v) is 7.19. The minimum Gasteiger partial charge on any atom is -0.381 e. The Morgan fingerprint density at radius 2 is 2.20 bits per heavy atom. The summed E-state index contributed by atoms with van der Waals surface area (Å²) in [4.78, 5) is 4.70. The van der Waals surface area contributed by atoms with Gasteiger partial charge in [-0.1, -0.05) is 0 Å². The van der Waals surface area contributed by atoms with Crippen LogP contribution in [0.2, 0.25) is 0 Å². The number of aromatic nitrogens is 1. The maximum atomic E-state index is 13.8. The van der Waals surface area contributed by atoms with E-state index < -0.39 is 0 Å². The summed E-state index contributed by atoms with van der Waals surface area (Å²) in [5, 5.41) is 4.61. The molecule has 0 amide bonds. The van der Waals surface area contributed by atoms with Crippen LogP contribution in [-0.2, 0) is 17.8 Å². The molecule has 20 heavy (non-hydrogen) atoms. The molecule has 3 nitrogen and oxygen atoms in total. The molecule has 104 valence electrons. The molecule has 1 fully saturated rings. The van der Waals surface area contributed by atoms with Crippen molar-refractivity contribution in [3.63, 3.8) is 0 Å². The fourth-order valence-electron chi connectivity index (χ4n) is 2.83. The van der Waals surface area contributed by atoms with Gasteiger partial charge in [0.1, 0.15) is 5.82 Å². The first kappa shape index (κ1) is 12.1. The molecule has 1 aliphatic heterocycles. The minimum absolute atomic E-state index is 0.186. The molecule has 1 aliphatic carbocycles. The summed E-state index contributed by atoms with van der Waals surface area (Å²) in [6, 6.07) is 3.93. The number of nitrogens with zero attached hydrogens (tertiary/aromatic N) is 1. The maximum Gasteiger partial charge on any atom is 0.128 e. The largest absolute Gasteiger partial charge is 0.381 e. The van der Waals surface area contributed by atoms with Gasteiger partial charge in [-0.05, 0) is 31.9 Å². The number of fused-ring (bicyclic) bond motifs is 2. The fraction of sp³-hybridized carbons (Fsp3) is 0.438. The molecular weight excluding hydrogens is 255 g/mol. The number of pyridine rings is 1. The van der Waals surface area contributed by atoms with Gasteiger partial charge < -0.3 is 10.1 Å². The number of ether oxygens (including phenoxy) is 1. The van der Waals surface area contributed by atoms with E-state index in [2.05, 4.69) is 5.32 Å². The van der Waals surface area contributed by atoms with E-state index in [9.17, 15) is 4.39 Å². The standard InChI is InChI=1S/C16H17FN2O/c1-9-13(17)5-4-11-15(9)19-14-6-7-20-8-12(14)16(11)18-10-2-3-10/h4-5,10H,2-3,6-8H2,1H3,(H,18,19). The van der Waals surface area contributed by atoms with Gasteiger partial charge >= 0.3 is 0 Å². The lowest BCUT2D eigenvalue weighted by Crippen LogP contribution is -2.16. The second-order valence-corrected chi connectivity index (χ2v) is 5.70. The number of benzene rings is 1. The average Bonchev–Trinajstić information content (AvgIpc) is 3.27. The molecular formula is C16H17FN2O. The number of halogens is 1. The summed E-state index contributed by atoms with van der Waals surface area (Å²) in [5.74, 6) is -0.186. The van der Waals surface area contributed by atoms with Crippen LogP contribution in [0, 0.1) is 12.7 Å². The molecule has 0 unspecified atom stereocenters. The van der Waals surface area contributed by atoms with Crippen LogP contribution < -0.4 is 5.32 Å². The Morgan fingerprint density at radius 1 is 1.35 bits per heavy atom. The molecule has 4 heteroatoms. The summed E-state index contributed by atoms with van der Waals surface area (Å²) in [6.45, 7) is 3.10. The first-order chi connectivity index (χ1) is 9.74. The maximum absolute atomic E-state index is 13.8. The van der Waals surface area contributed by atoms with Gasteiger partial charge in [-0.3, -0.25) is 4.98 Å². The summed E-state index contributed by atoms with van der Waals surface area (Å²) >= 11 is 0. The van der Waals surface area contributed by atoms with Crippen molar-refractivity contribution in [1.29, 1.82) is 0 Å². The SMILES string of the molecule is Cc1c(F)ccc2c(NC3CC3)c3c(nc12)CCOC3. The third-order valence-corrected chi connectivity index (χ3v) is 4.19. The summed E-state index contributed by atoms with van der Waals surface area (Å²) in [7, 11) is 0. The summed E-state index contributed by atoms with van der Waals surface area (Å²) in [6.07, 6.45) is 3.22. The van der Waals surface area contributed by atoms with E-state index in [1.165, 1.54) is 18.9 Å². The lowest BCUT2D eigenvalue weighted by Gasteiger charge is -2.22. The number of hydrogen-bond acceptors (Lipinski definition) is 3. The van der Waals surface area contributed by atoms with E-state index in [1.807, 2.05) is 6.07 Å². The van der Waals surface area contributed by atoms with Crippen LogP contribution in [-0.4, -0.2) is 17.6 Å². The van der Waals surface area contributed by atoms with Gasteiger partial charge in [0.25, 0.3) is 0 Å². The molecule has 0 bridgehead atoms. The van der Waals surface area contributed by atoms with Gasteiger partial charge in [-0.15, -0.1) is 0 Å². The Kier molecular flexibility index (Phi) is 2.67. The van der Waals surface area contributed by atoms with E-state index in [4.69, 9.17) is 9.72 Å². The zero-order valence-corrected chi connectivity index (χ0v) is 11.5. The number of anilines is 1. The molecule has 1 N–H and O–H groups in total. The summed E-state index contributed by atoms with van der Waals surface area (Å²) in [5.41, 5.74) is 4.74. The highest BCUT2D eigenvalue weighted by molar-refractivity contribution is 5.95. The first-order valence-electron chi connectivity index (χ1n) is 7.19. The van der Waals surface area contributed by atoms with Gasteiger partial charge in [0.15, 0.2) is 0 Å². The van der Waals surface area contributed by atoms with Crippen LogP contribution in [0.1, 0.15) is 29.7 Å². The molecule has 2 aromatic rings. The quantitative estimate of drug-likeness (QED) is 0.910. The van der Waals surface area contributed by atoms with Crippen molar-refractivity contribution in [2.24, 2.45) is 0 Å². The summed E-state index contributed by atoms with van der Waals surface area (Å²) < 4.78 is 19.4. The third kappa shape index (κ3) is 1.86. The van der Waals surface area contributed by atoms with E-state index in [1.54, 1.807) is 6.92 Å². The highest BCUT2D eigenvalue weighted by Gasteiger charge is 2.26. The van der Waals surface area contributed by atoms with Crippen LogP contribution in [0.15, 0.2) is 12.1 Å². The lowest BCUT2D eigenvalue weighted by molar-refractivity contribution is 0.110. The molecule has 0 saturated heterocycles. The van der Waals surface area contributed by atoms with Gasteiger partial charge in [0, 0.05) is 29.0 Å². The Labute approximate surface area is 117 Å². The van der Waals surface area contributed by atoms with Crippen molar-refractivity contribution in [2.75, 3.05) is 11.9 Å². The fourth-order valence-corrected chi connectivity index (χ4v) is 2.83. The topological polar surface area (TPSA) is 34.2 Å². The van der Waals surface area contributed by atoms with Gasteiger partial charge in [-0.25, -0.2) is 4.39 Å². The second kappa shape index (κ2) is 4.42. The Morgan fingerprint density at radius 3 is 3.00 bits per heavy atom. The predicted octanol–water partition coefficient (Wildman–Crippen LogP) is 3.33. The van der Waals surface area contributed by atoms with Crippen LogP contribution in [0.3, 0.4) is 0 Å². The second-order valence-electron chi connectivity index (χ2n) is 5.70. The van der Waals surface area contributed by atoms with Gasteiger partial charge in [-0.2, -0.15) is 0 Å². The molecule has 0 spiro atoms. The minimum atomic E-state index is -0.186. The molecule has 2 heterocycles. The van der Waals surface area contributed by atoms with Crippen molar-refractivity contribution >= 4 is 16.6 Å². The number of hydrogen-bond donors (Lipinski definition) is 1. The highest BCUT2D eigenvalue weighted by Crippen LogP contribution is 2.36. The van der Waals surface area contributed by atoms with Crippen molar-refractivity contribution in [3.05, 3.63) is 34.8 Å². The molecule has 4 rings (SSSR count). The number of nitrogens with one attached hydrogen (secondary N) is 1. The van der Waals surface area contributed by atoms with Crippen LogP contribution >= 0.6 is 0 Å². The van der Waals surface area contributed by atoms with E-state index >= 15 is 0 Å². The zero-order valence-electron chi connectivity index (χ0n) is 11.5. The third-order valence-electron chi connectivity index (χ3n) is 4.19. The average molecular weight is 272 g/mol. The predicted molar refractivity (Wildman–Crippen MR) is 76.4 cm³/mol. The van der Waals surface area contributed by atoms with E-state index in [0.717, 1.165) is 34.3 Å². The normalized spacial score (nSPS) is 18.1. The smallest absolute Gasteiger partial charge is 0.128 e. The Hall–Kier alpha value is -1.68. The molecule has 0 atom stereocenters. The molecule has 1 aromatic heterocycles. The number of rotatable bonds is 2. The lowest BCUT2D eigenvalue weighted by atomic mass is 10.0. The zero-order chi connectivity index (χ0) is 13.7. The Bertz CT molecular complexity index is 695.